The molecule has 1 aliphatic rings. The van der Waals surface area contributed by atoms with Gasteiger partial charge in [0, 0.05) is 48.4 Å². The van der Waals surface area contributed by atoms with Gasteiger partial charge in [0.1, 0.15) is 5.82 Å². The molecule has 1 aliphatic heterocycles. The van der Waals surface area contributed by atoms with Gasteiger partial charge in [-0.1, -0.05) is 6.07 Å². The van der Waals surface area contributed by atoms with E-state index in [0.717, 1.165) is 29.4 Å². The molecule has 0 radical (unpaired) electrons. The number of pyridine rings is 1. The molecular formula is C18H20N4O4S. The van der Waals surface area contributed by atoms with Crippen LogP contribution in [0.4, 0.5) is 11.5 Å². The van der Waals surface area contributed by atoms with Crippen LogP contribution in [0, 0.1) is 10.1 Å². The van der Waals surface area contributed by atoms with Gasteiger partial charge < -0.3 is 15.0 Å². The van der Waals surface area contributed by atoms with Gasteiger partial charge >= 0.3 is 0 Å². The number of hydrogen-bond acceptors (Lipinski definition) is 7. The van der Waals surface area contributed by atoms with Gasteiger partial charge in [0.05, 0.1) is 23.9 Å². The topological polar surface area (TPSA) is 97.6 Å². The lowest BCUT2D eigenvalue weighted by Gasteiger charge is -2.29. The fourth-order valence-corrected chi connectivity index (χ4v) is 3.41. The van der Waals surface area contributed by atoms with Crippen LogP contribution in [0.5, 0.6) is 0 Å². The molecule has 2 aromatic rings. The second-order valence-electron chi connectivity index (χ2n) is 5.90. The molecule has 1 fully saturated rings. The van der Waals surface area contributed by atoms with E-state index >= 15 is 0 Å². The summed E-state index contributed by atoms with van der Waals surface area (Å²) >= 11 is 1.34. The first kappa shape index (κ1) is 19.1. The van der Waals surface area contributed by atoms with Crippen molar-refractivity contribution in [1.29, 1.82) is 0 Å². The molecule has 8 nitrogen and oxygen atoms in total. The molecule has 9 heteroatoms. The Hall–Kier alpha value is -2.65. The number of non-ortho nitro benzene ring substituents is 1. The number of nitrogens with one attached hydrogen (secondary N) is 1. The van der Waals surface area contributed by atoms with Crippen molar-refractivity contribution in [2.75, 3.05) is 37.0 Å². The number of nitro groups is 1. The number of carbonyl (C=O) groups is 1. The van der Waals surface area contributed by atoms with Crippen molar-refractivity contribution in [2.45, 2.75) is 11.4 Å². The van der Waals surface area contributed by atoms with Crippen molar-refractivity contribution in [2.24, 2.45) is 0 Å². The zero-order chi connectivity index (χ0) is 19.1. The number of thioether (sulfide) groups is 1. The lowest BCUT2D eigenvalue weighted by molar-refractivity contribution is -0.384. The zero-order valence-corrected chi connectivity index (χ0v) is 15.5. The van der Waals surface area contributed by atoms with E-state index in [4.69, 9.17) is 4.74 Å². The third-order valence-electron chi connectivity index (χ3n) is 4.07. The fraction of sp³-hybridized carbons (Fsp3) is 0.333. The summed E-state index contributed by atoms with van der Waals surface area (Å²) in [7, 11) is 0. The van der Waals surface area contributed by atoms with Crippen LogP contribution in [0.2, 0.25) is 0 Å². The van der Waals surface area contributed by atoms with Crippen LogP contribution in [0.15, 0.2) is 47.5 Å². The minimum Gasteiger partial charge on any atom is -0.378 e. The van der Waals surface area contributed by atoms with Crippen molar-refractivity contribution < 1.29 is 14.5 Å². The van der Waals surface area contributed by atoms with Crippen molar-refractivity contribution in [3.63, 3.8) is 0 Å². The maximum absolute atomic E-state index is 12.2. The molecule has 0 atom stereocenters. The summed E-state index contributed by atoms with van der Waals surface area (Å²) in [4.78, 5) is 29.8. The van der Waals surface area contributed by atoms with Gasteiger partial charge in [-0.3, -0.25) is 14.9 Å². The average molecular weight is 388 g/mol. The van der Waals surface area contributed by atoms with Gasteiger partial charge in [-0.15, -0.1) is 11.8 Å². The van der Waals surface area contributed by atoms with Crippen molar-refractivity contribution in [3.8, 4) is 0 Å². The molecular weight excluding hydrogens is 368 g/mol. The Balaban J connectivity index is 1.51. The standard InChI is InChI=1S/C18H20N4O4S/c23-17(13-27-16-5-3-15(4-6-16)22(24)25)20-12-14-2-1-7-19-18(14)21-8-10-26-11-9-21/h1-7H,8-13H2,(H,20,23). The van der Waals surface area contributed by atoms with Crippen LogP contribution >= 0.6 is 11.8 Å². The Morgan fingerprint density at radius 1 is 1.26 bits per heavy atom. The number of amides is 1. The maximum atomic E-state index is 12.2. The van der Waals surface area contributed by atoms with Crippen LogP contribution in [-0.4, -0.2) is 47.9 Å². The molecule has 142 valence electrons. The molecule has 1 aromatic carbocycles. The van der Waals surface area contributed by atoms with E-state index in [2.05, 4.69) is 15.2 Å². The van der Waals surface area contributed by atoms with Crippen LogP contribution in [0.1, 0.15) is 5.56 Å². The number of ether oxygens (including phenoxy) is 1. The smallest absolute Gasteiger partial charge is 0.269 e. The molecule has 27 heavy (non-hydrogen) atoms. The highest BCUT2D eigenvalue weighted by molar-refractivity contribution is 8.00. The predicted molar refractivity (Wildman–Crippen MR) is 103 cm³/mol. The van der Waals surface area contributed by atoms with Crippen LogP contribution in [0.25, 0.3) is 0 Å². The minimum absolute atomic E-state index is 0.0380. The molecule has 0 saturated carbocycles. The maximum Gasteiger partial charge on any atom is 0.269 e. The second kappa shape index (κ2) is 9.33. The second-order valence-corrected chi connectivity index (χ2v) is 6.95. The summed E-state index contributed by atoms with van der Waals surface area (Å²) in [6.07, 6.45) is 1.75. The van der Waals surface area contributed by atoms with Gasteiger partial charge in [0.15, 0.2) is 0 Å². The van der Waals surface area contributed by atoms with Crippen molar-refractivity contribution >= 4 is 29.2 Å². The number of hydrogen-bond donors (Lipinski definition) is 1. The number of benzene rings is 1. The van der Waals surface area contributed by atoms with Gasteiger partial charge in [0.2, 0.25) is 5.91 Å². The molecule has 0 aliphatic carbocycles. The first-order valence-electron chi connectivity index (χ1n) is 8.54. The van der Waals surface area contributed by atoms with Crippen molar-refractivity contribution in [1.82, 2.24) is 10.3 Å². The van der Waals surface area contributed by atoms with E-state index in [1.54, 1.807) is 18.3 Å². The molecule has 1 N–H and O–H groups in total. The SMILES string of the molecule is O=C(CSc1ccc([N+](=O)[O-])cc1)NCc1cccnc1N1CCOCC1. The molecule has 1 amide bonds. The number of anilines is 1. The molecule has 3 rings (SSSR count). The highest BCUT2D eigenvalue weighted by atomic mass is 32.2. The number of carbonyl (C=O) groups excluding carboxylic acids is 1. The lowest BCUT2D eigenvalue weighted by atomic mass is 10.2. The molecule has 0 unspecified atom stereocenters. The summed E-state index contributed by atoms with van der Waals surface area (Å²) in [5.74, 6) is 1.02. The van der Waals surface area contributed by atoms with Crippen LogP contribution in [-0.2, 0) is 16.1 Å². The van der Waals surface area contributed by atoms with E-state index in [0.29, 0.717) is 19.8 Å². The first-order valence-corrected chi connectivity index (χ1v) is 9.52. The summed E-state index contributed by atoms with van der Waals surface area (Å²) in [6, 6.07) is 9.98. The summed E-state index contributed by atoms with van der Waals surface area (Å²) in [5, 5.41) is 13.6. The summed E-state index contributed by atoms with van der Waals surface area (Å²) in [5.41, 5.74) is 1.00. The number of rotatable bonds is 7. The van der Waals surface area contributed by atoms with Gasteiger partial charge in [-0.2, -0.15) is 0 Å². The number of nitrogens with zero attached hydrogens (tertiary/aromatic N) is 3. The van der Waals surface area contributed by atoms with Gasteiger partial charge in [0.25, 0.3) is 5.69 Å². The van der Waals surface area contributed by atoms with E-state index in [-0.39, 0.29) is 17.3 Å². The average Bonchev–Trinajstić information content (AvgIpc) is 2.72. The van der Waals surface area contributed by atoms with Crippen molar-refractivity contribution in [3.05, 3.63) is 58.3 Å². The lowest BCUT2D eigenvalue weighted by Crippen LogP contribution is -2.38. The molecule has 0 bridgehead atoms. The Bertz CT molecular complexity index is 794. The number of aromatic nitrogens is 1. The third-order valence-corrected chi connectivity index (χ3v) is 5.08. The summed E-state index contributed by atoms with van der Waals surface area (Å²) < 4.78 is 5.37. The monoisotopic (exact) mass is 388 g/mol. The van der Waals surface area contributed by atoms with E-state index in [1.165, 1.54) is 23.9 Å². The first-order chi connectivity index (χ1) is 13.1. The van der Waals surface area contributed by atoms with Gasteiger partial charge in [-0.25, -0.2) is 4.98 Å². The third kappa shape index (κ3) is 5.41. The van der Waals surface area contributed by atoms with Crippen LogP contribution in [0.3, 0.4) is 0 Å². The van der Waals surface area contributed by atoms with E-state index in [9.17, 15) is 14.9 Å². The van der Waals surface area contributed by atoms with E-state index in [1.807, 2.05) is 12.1 Å². The van der Waals surface area contributed by atoms with Crippen LogP contribution < -0.4 is 10.2 Å². The fourth-order valence-electron chi connectivity index (χ4n) is 2.69. The zero-order valence-electron chi connectivity index (χ0n) is 14.7. The quantitative estimate of drug-likeness (QED) is 0.441. The predicted octanol–water partition coefficient (Wildman–Crippen LogP) is 2.23. The normalized spacial score (nSPS) is 14.0. The Labute approximate surface area is 161 Å². The molecule has 2 heterocycles. The molecule has 0 spiro atoms. The Morgan fingerprint density at radius 2 is 2.00 bits per heavy atom. The summed E-state index contributed by atoms with van der Waals surface area (Å²) in [6.45, 7) is 3.32. The van der Waals surface area contributed by atoms with E-state index < -0.39 is 4.92 Å². The molecule has 1 aromatic heterocycles. The minimum atomic E-state index is -0.443. The highest BCUT2D eigenvalue weighted by Gasteiger charge is 2.16. The number of morpholine rings is 1. The van der Waals surface area contributed by atoms with Gasteiger partial charge in [-0.05, 0) is 18.2 Å². The number of nitro benzene ring substituents is 1. The Morgan fingerprint density at radius 3 is 2.70 bits per heavy atom. The molecule has 1 saturated heterocycles. The Kier molecular flexibility index (Phi) is 6.61. The largest absolute Gasteiger partial charge is 0.378 e. The highest BCUT2D eigenvalue weighted by Crippen LogP contribution is 2.21.